The number of carbonyl (C=O) groups is 3. The summed E-state index contributed by atoms with van der Waals surface area (Å²) in [4.78, 5) is 45.3. The molecular formula is C31H33N3O3. The van der Waals surface area contributed by atoms with Crippen LogP contribution in [0, 0.1) is 0 Å². The van der Waals surface area contributed by atoms with Crippen LogP contribution in [-0.2, 0) is 16.0 Å². The summed E-state index contributed by atoms with van der Waals surface area (Å²) in [5.74, 6) is -0.0574. The zero-order chi connectivity index (χ0) is 26.2. The number of carbonyl (C=O) groups excluding carboxylic acids is 3. The number of ketones is 1. The maximum absolute atomic E-state index is 12.8. The van der Waals surface area contributed by atoms with Crippen molar-refractivity contribution in [2.75, 3.05) is 26.2 Å². The summed E-state index contributed by atoms with van der Waals surface area (Å²) in [6, 6.07) is 11.5. The Kier molecular flexibility index (Phi) is 8.62. The second-order valence-electron chi connectivity index (χ2n) is 9.36. The van der Waals surface area contributed by atoms with Crippen molar-refractivity contribution in [2.45, 2.75) is 32.1 Å². The number of pyridine rings is 1. The normalized spacial score (nSPS) is 15.8. The number of aromatic nitrogens is 1. The van der Waals surface area contributed by atoms with Crippen LogP contribution >= 0.6 is 0 Å². The van der Waals surface area contributed by atoms with Crippen molar-refractivity contribution in [2.24, 2.45) is 0 Å². The highest BCUT2D eigenvalue weighted by Crippen LogP contribution is 2.24. The second kappa shape index (κ2) is 12.3. The van der Waals surface area contributed by atoms with Gasteiger partial charge in [-0.2, -0.15) is 0 Å². The summed E-state index contributed by atoms with van der Waals surface area (Å²) in [6.45, 7) is 9.94. The summed E-state index contributed by atoms with van der Waals surface area (Å²) < 4.78 is 0. The van der Waals surface area contributed by atoms with Crippen molar-refractivity contribution < 1.29 is 14.4 Å². The molecule has 0 aliphatic carbocycles. The third-order valence-electron chi connectivity index (χ3n) is 6.86. The highest BCUT2D eigenvalue weighted by atomic mass is 16.2. The molecule has 2 aliphatic heterocycles. The minimum atomic E-state index is -0.0752. The molecule has 1 saturated heterocycles. The molecule has 2 aromatic rings. The van der Waals surface area contributed by atoms with Crippen LogP contribution in [-0.4, -0.2) is 58.6 Å². The molecule has 0 unspecified atom stereocenters. The first kappa shape index (κ1) is 26.0. The van der Waals surface area contributed by atoms with Gasteiger partial charge in [-0.3, -0.25) is 14.4 Å². The maximum Gasteiger partial charge on any atom is 0.253 e. The van der Waals surface area contributed by atoms with E-state index in [-0.39, 0.29) is 24.0 Å². The molecule has 0 bridgehead atoms. The Balaban J connectivity index is 1.54. The van der Waals surface area contributed by atoms with Crippen molar-refractivity contribution in [3.8, 4) is 0 Å². The zero-order valence-corrected chi connectivity index (χ0v) is 21.2. The van der Waals surface area contributed by atoms with Gasteiger partial charge in [-0.1, -0.05) is 43.5 Å². The minimum absolute atomic E-state index is 0.0692. The minimum Gasteiger partial charge on any atom is -0.339 e. The van der Waals surface area contributed by atoms with Crippen LogP contribution in [0.3, 0.4) is 0 Å². The Morgan fingerprint density at radius 3 is 2.27 bits per heavy atom. The Labute approximate surface area is 218 Å². The lowest BCUT2D eigenvalue weighted by Crippen LogP contribution is -2.35. The van der Waals surface area contributed by atoms with Crippen molar-refractivity contribution in [3.63, 3.8) is 0 Å². The van der Waals surface area contributed by atoms with Crippen LogP contribution in [0.25, 0.3) is 17.7 Å². The lowest BCUT2D eigenvalue weighted by Gasteiger charge is -2.26. The number of nitrogens with zero attached hydrogens (tertiary/aromatic N) is 3. The highest BCUT2D eigenvalue weighted by Gasteiger charge is 2.19. The van der Waals surface area contributed by atoms with Crippen LogP contribution in [0.1, 0.15) is 58.6 Å². The molecule has 6 heteroatoms. The molecule has 1 fully saturated rings. The predicted octanol–water partition coefficient (Wildman–Crippen LogP) is 4.98. The van der Waals surface area contributed by atoms with Crippen LogP contribution in [0.15, 0.2) is 67.8 Å². The SMILES string of the molecule is C=CC(=O)Cc1ccc(C2=CCN(C(=O)C=C)CC2)nc1C=Cc1ccc(C(=O)N2CCCCC2)cc1. The molecule has 1 aromatic carbocycles. The fraction of sp³-hybridized carbons (Fsp3) is 0.290. The Morgan fingerprint density at radius 1 is 0.865 bits per heavy atom. The standard InChI is InChI=1S/C31H33N3O3/c1-3-27(35)22-26-13-15-28(24-16-20-33(21-17-24)30(36)4-2)32-29(26)14-10-23-8-11-25(12-9-23)31(37)34-18-6-5-7-19-34/h3-4,8-16H,1-2,5-7,17-22H2. The number of rotatable bonds is 8. The summed E-state index contributed by atoms with van der Waals surface area (Å²) >= 11 is 0. The van der Waals surface area contributed by atoms with E-state index in [1.54, 1.807) is 4.90 Å². The van der Waals surface area contributed by atoms with E-state index in [9.17, 15) is 14.4 Å². The van der Waals surface area contributed by atoms with E-state index in [1.807, 2.05) is 59.5 Å². The van der Waals surface area contributed by atoms with Crippen LogP contribution < -0.4 is 0 Å². The molecular weight excluding hydrogens is 462 g/mol. The van der Waals surface area contributed by atoms with E-state index in [4.69, 9.17) is 4.98 Å². The van der Waals surface area contributed by atoms with Crippen LogP contribution in [0.5, 0.6) is 0 Å². The average Bonchev–Trinajstić information content (AvgIpc) is 2.96. The van der Waals surface area contributed by atoms with Gasteiger partial charge >= 0.3 is 0 Å². The number of allylic oxidation sites excluding steroid dienone is 1. The third kappa shape index (κ3) is 6.58. The van der Waals surface area contributed by atoms with Gasteiger partial charge in [0.2, 0.25) is 5.91 Å². The lowest BCUT2D eigenvalue weighted by molar-refractivity contribution is -0.125. The van der Waals surface area contributed by atoms with E-state index < -0.39 is 0 Å². The van der Waals surface area contributed by atoms with Gasteiger partial charge in [0.25, 0.3) is 5.91 Å². The Morgan fingerprint density at radius 2 is 1.62 bits per heavy atom. The summed E-state index contributed by atoms with van der Waals surface area (Å²) in [5.41, 5.74) is 5.09. The average molecular weight is 496 g/mol. The smallest absolute Gasteiger partial charge is 0.253 e. The predicted molar refractivity (Wildman–Crippen MR) is 148 cm³/mol. The first-order valence-corrected chi connectivity index (χ1v) is 12.8. The molecule has 2 amide bonds. The van der Waals surface area contributed by atoms with Crippen molar-refractivity contribution in [3.05, 3.63) is 95.9 Å². The van der Waals surface area contributed by atoms with E-state index in [0.29, 0.717) is 30.8 Å². The number of amides is 2. The quantitative estimate of drug-likeness (QED) is 0.485. The number of hydrogen-bond donors (Lipinski definition) is 0. The highest BCUT2D eigenvalue weighted by molar-refractivity contribution is 5.94. The molecule has 0 N–H and O–H groups in total. The van der Waals surface area contributed by atoms with Gasteiger partial charge in [-0.15, -0.1) is 0 Å². The van der Waals surface area contributed by atoms with Gasteiger partial charge in [0, 0.05) is 38.2 Å². The number of hydrogen-bond acceptors (Lipinski definition) is 4. The molecule has 0 saturated carbocycles. The molecule has 4 rings (SSSR count). The third-order valence-corrected chi connectivity index (χ3v) is 6.86. The first-order chi connectivity index (χ1) is 18.0. The molecule has 6 nitrogen and oxygen atoms in total. The Hall–Kier alpha value is -4.06. The first-order valence-electron chi connectivity index (χ1n) is 12.8. The number of piperidine rings is 1. The molecule has 190 valence electrons. The van der Waals surface area contributed by atoms with E-state index in [2.05, 4.69) is 13.2 Å². The van der Waals surface area contributed by atoms with Crippen molar-refractivity contribution in [1.29, 1.82) is 0 Å². The summed E-state index contributed by atoms with van der Waals surface area (Å²) in [7, 11) is 0. The molecule has 2 aliphatic rings. The van der Waals surface area contributed by atoms with Crippen LogP contribution in [0.4, 0.5) is 0 Å². The van der Waals surface area contributed by atoms with Crippen molar-refractivity contribution >= 4 is 35.3 Å². The van der Waals surface area contributed by atoms with Gasteiger partial charge in [0.05, 0.1) is 11.4 Å². The van der Waals surface area contributed by atoms with Gasteiger partial charge in [-0.25, -0.2) is 4.98 Å². The van der Waals surface area contributed by atoms with E-state index in [0.717, 1.165) is 48.3 Å². The molecule has 0 radical (unpaired) electrons. The molecule has 1 aromatic heterocycles. The fourth-order valence-electron chi connectivity index (χ4n) is 4.66. The second-order valence-corrected chi connectivity index (χ2v) is 9.36. The maximum atomic E-state index is 12.8. The van der Waals surface area contributed by atoms with Gasteiger partial charge in [0.15, 0.2) is 5.78 Å². The molecule has 0 spiro atoms. The topological polar surface area (TPSA) is 70.6 Å². The lowest BCUT2D eigenvalue weighted by atomic mass is 10.00. The number of benzene rings is 1. The molecule has 0 atom stereocenters. The largest absolute Gasteiger partial charge is 0.339 e. The Bertz CT molecular complexity index is 1250. The monoisotopic (exact) mass is 495 g/mol. The van der Waals surface area contributed by atoms with E-state index >= 15 is 0 Å². The van der Waals surface area contributed by atoms with Crippen LogP contribution in [0.2, 0.25) is 0 Å². The van der Waals surface area contributed by atoms with Gasteiger partial charge in [0.1, 0.15) is 0 Å². The van der Waals surface area contributed by atoms with Gasteiger partial charge in [-0.05, 0) is 78.8 Å². The molecule has 3 heterocycles. The van der Waals surface area contributed by atoms with Crippen molar-refractivity contribution in [1.82, 2.24) is 14.8 Å². The summed E-state index contributed by atoms with van der Waals surface area (Å²) in [6.07, 6.45) is 12.8. The number of likely N-dealkylation sites (tertiary alicyclic amines) is 1. The summed E-state index contributed by atoms with van der Waals surface area (Å²) in [5, 5.41) is 0. The molecule has 37 heavy (non-hydrogen) atoms. The fourth-order valence-corrected chi connectivity index (χ4v) is 4.66. The van der Waals surface area contributed by atoms with E-state index in [1.165, 1.54) is 18.6 Å². The van der Waals surface area contributed by atoms with Gasteiger partial charge < -0.3 is 9.80 Å². The zero-order valence-electron chi connectivity index (χ0n) is 21.2.